The van der Waals surface area contributed by atoms with E-state index in [1.165, 1.54) is 0 Å². The van der Waals surface area contributed by atoms with Crippen molar-refractivity contribution in [1.29, 1.82) is 0 Å². The molecule has 1 unspecified atom stereocenters. The molecule has 2 rings (SSSR count). The van der Waals surface area contributed by atoms with Gasteiger partial charge in [0.25, 0.3) is 0 Å². The van der Waals surface area contributed by atoms with E-state index in [2.05, 4.69) is 5.10 Å². The molecule has 1 aromatic heterocycles. The number of fused-ring (bicyclic) bond motifs is 1. The van der Waals surface area contributed by atoms with Gasteiger partial charge in [-0.05, 0) is 6.42 Å². The lowest BCUT2D eigenvalue weighted by Crippen LogP contribution is -2.27. The van der Waals surface area contributed by atoms with Gasteiger partial charge >= 0.3 is 0 Å². The molecule has 1 aliphatic heterocycles. The number of nitrogens with zero attached hydrogens (tertiary/aromatic N) is 2. The fourth-order valence-electron chi connectivity index (χ4n) is 1.36. The summed E-state index contributed by atoms with van der Waals surface area (Å²) < 4.78 is 19.6. The molecule has 0 saturated heterocycles. The Balaban J connectivity index is 2.32. The quantitative estimate of drug-likeness (QED) is 0.632. The summed E-state index contributed by atoms with van der Waals surface area (Å²) in [4.78, 5) is 0. The van der Waals surface area contributed by atoms with E-state index in [1.54, 1.807) is 10.9 Å². The summed E-state index contributed by atoms with van der Waals surface area (Å²) in [5, 5.41) is 4.03. The molecule has 0 N–H and O–H groups in total. The lowest BCUT2D eigenvalue weighted by Gasteiger charge is -2.19. The summed E-state index contributed by atoms with van der Waals surface area (Å²) >= 11 is 0. The maximum absolute atomic E-state index is 12.8. The SMILES string of the molecule is CCc1cnn2c1OCC(F)C2. The van der Waals surface area contributed by atoms with Crippen molar-refractivity contribution in [2.75, 3.05) is 6.61 Å². The third-order valence-corrected chi connectivity index (χ3v) is 2.01. The summed E-state index contributed by atoms with van der Waals surface area (Å²) in [5.41, 5.74) is 1.06. The van der Waals surface area contributed by atoms with E-state index < -0.39 is 6.17 Å². The predicted molar refractivity (Wildman–Crippen MR) is 42.0 cm³/mol. The Morgan fingerprint density at radius 1 is 1.83 bits per heavy atom. The van der Waals surface area contributed by atoms with Gasteiger partial charge in [0.1, 0.15) is 6.61 Å². The van der Waals surface area contributed by atoms with Crippen LogP contribution in [-0.2, 0) is 13.0 Å². The number of hydrogen-bond donors (Lipinski definition) is 0. The largest absolute Gasteiger partial charge is 0.474 e. The van der Waals surface area contributed by atoms with Gasteiger partial charge in [-0.3, -0.25) is 0 Å². The summed E-state index contributed by atoms with van der Waals surface area (Å²) in [5.74, 6) is 0.742. The van der Waals surface area contributed by atoms with Crippen LogP contribution in [0.4, 0.5) is 4.39 Å². The first-order chi connectivity index (χ1) is 5.81. The van der Waals surface area contributed by atoms with Crippen molar-refractivity contribution in [2.24, 2.45) is 0 Å². The van der Waals surface area contributed by atoms with E-state index in [9.17, 15) is 4.39 Å². The topological polar surface area (TPSA) is 27.1 Å². The second-order valence-corrected chi connectivity index (χ2v) is 2.92. The molecule has 0 radical (unpaired) electrons. The van der Waals surface area contributed by atoms with Crippen LogP contribution in [0.25, 0.3) is 0 Å². The highest BCUT2D eigenvalue weighted by Crippen LogP contribution is 2.23. The van der Waals surface area contributed by atoms with Crippen molar-refractivity contribution < 1.29 is 9.13 Å². The first kappa shape index (κ1) is 7.58. The van der Waals surface area contributed by atoms with Gasteiger partial charge in [0, 0.05) is 5.56 Å². The van der Waals surface area contributed by atoms with Crippen LogP contribution in [0.3, 0.4) is 0 Å². The van der Waals surface area contributed by atoms with Gasteiger partial charge in [-0.1, -0.05) is 6.92 Å². The van der Waals surface area contributed by atoms with Crippen LogP contribution in [0.5, 0.6) is 5.88 Å². The molecule has 0 saturated carbocycles. The molecule has 2 heterocycles. The van der Waals surface area contributed by atoms with Crippen LogP contribution in [0.2, 0.25) is 0 Å². The molecule has 0 aliphatic carbocycles. The van der Waals surface area contributed by atoms with Crippen molar-refractivity contribution in [3.05, 3.63) is 11.8 Å². The highest BCUT2D eigenvalue weighted by Gasteiger charge is 2.21. The lowest BCUT2D eigenvalue weighted by molar-refractivity contribution is 0.124. The molecule has 3 nitrogen and oxygen atoms in total. The number of ether oxygens (including phenoxy) is 1. The Kier molecular flexibility index (Phi) is 1.75. The van der Waals surface area contributed by atoms with Gasteiger partial charge in [0.2, 0.25) is 5.88 Å². The summed E-state index contributed by atoms with van der Waals surface area (Å²) in [6, 6.07) is 0. The van der Waals surface area contributed by atoms with Crippen molar-refractivity contribution in [3.8, 4) is 5.88 Å². The zero-order valence-corrected chi connectivity index (χ0v) is 6.96. The fraction of sp³-hybridized carbons (Fsp3) is 0.625. The molecule has 0 aromatic carbocycles. The Morgan fingerprint density at radius 3 is 3.42 bits per heavy atom. The van der Waals surface area contributed by atoms with Crippen molar-refractivity contribution in [1.82, 2.24) is 9.78 Å². The van der Waals surface area contributed by atoms with E-state index in [0.717, 1.165) is 17.9 Å². The molecule has 0 bridgehead atoms. The monoisotopic (exact) mass is 170 g/mol. The predicted octanol–water partition coefficient (Wildman–Crippen LogP) is 1.18. The highest BCUT2D eigenvalue weighted by molar-refractivity contribution is 5.25. The summed E-state index contributed by atoms with van der Waals surface area (Å²) in [6.45, 7) is 2.52. The standard InChI is InChI=1S/C8H11FN2O/c1-2-6-3-10-11-4-7(9)5-12-8(6)11/h3,7H,2,4-5H2,1H3. The first-order valence-corrected chi connectivity index (χ1v) is 4.12. The van der Waals surface area contributed by atoms with Gasteiger partial charge in [-0.15, -0.1) is 0 Å². The zero-order chi connectivity index (χ0) is 8.55. The Labute approximate surface area is 70.1 Å². The number of rotatable bonds is 1. The average molecular weight is 170 g/mol. The first-order valence-electron chi connectivity index (χ1n) is 4.12. The molecule has 66 valence electrons. The lowest BCUT2D eigenvalue weighted by atomic mass is 10.2. The second kappa shape index (κ2) is 2.77. The Hall–Kier alpha value is -1.06. The molecule has 0 amide bonds. The van der Waals surface area contributed by atoms with Crippen LogP contribution in [0.15, 0.2) is 6.20 Å². The molecular formula is C8H11FN2O. The molecule has 1 aromatic rings. The normalized spacial score (nSPS) is 21.7. The van der Waals surface area contributed by atoms with E-state index >= 15 is 0 Å². The molecule has 1 aliphatic rings. The molecule has 0 fully saturated rings. The Bertz CT molecular complexity index is 285. The van der Waals surface area contributed by atoms with E-state index in [4.69, 9.17) is 4.74 Å². The minimum Gasteiger partial charge on any atom is -0.474 e. The van der Waals surface area contributed by atoms with Crippen LogP contribution in [0, 0.1) is 0 Å². The highest BCUT2D eigenvalue weighted by atomic mass is 19.1. The zero-order valence-electron chi connectivity index (χ0n) is 6.96. The summed E-state index contributed by atoms with van der Waals surface area (Å²) in [7, 11) is 0. The molecule has 0 spiro atoms. The second-order valence-electron chi connectivity index (χ2n) is 2.92. The van der Waals surface area contributed by atoms with E-state index in [0.29, 0.717) is 6.54 Å². The fourth-order valence-corrected chi connectivity index (χ4v) is 1.36. The van der Waals surface area contributed by atoms with Gasteiger partial charge in [-0.2, -0.15) is 5.10 Å². The number of alkyl halides is 1. The maximum Gasteiger partial charge on any atom is 0.215 e. The summed E-state index contributed by atoms with van der Waals surface area (Å²) in [6.07, 6.45) is 1.71. The van der Waals surface area contributed by atoms with Crippen LogP contribution >= 0.6 is 0 Å². The van der Waals surface area contributed by atoms with E-state index in [1.807, 2.05) is 6.92 Å². The van der Waals surface area contributed by atoms with Crippen molar-refractivity contribution in [2.45, 2.75) is 26.1 Å². The number of aromatic nitrogens is 2. The van der Waals surface area contributed by atoms with Gasteiger partial charge in [0.15, 0.2) is 6.17 Å². The van der Waals surface area contributed by atoms with Crippen molar-refractivity contribution in [3.63, 3.8) is 0 Å². The van der Waals surface area contributed by atoms with E-state index in [-0.39, 0.29) is 6.61 Å². The third kappa shape index (κ3) is 1.07. The third-order valence-electron chi connectivity index (χ3n) is 2.01. The molecule has 1 atom stereocenters. The average Bonchev–Trinajstić information content (AvgIpc) is 2.46. The maximum atomic E-state index is 12.8. The number of aryl methyl sites for hydroxylation is 1. The van der Waals surface area contributed by atoms with Gasteiger partial charge in [-0.25, -0.2) is 9.07 Å². The smallest absolute Gasteiger partial charge is 0.215 e. The van der Waals surface area contributed by atoms with Gasteiger partial charge in [0.05, 0.1) is 12.7 Å². The molecule has 4 heteroatoms. The number of hydrogen-bond acceptors (Lipinski definition) is 2. The van der Waals surface area contributed by atoms with Crippen molar-refractivity contribution >= 4 is 0 Å². The van der Waals surface area contributed by atoms with Gasteiger partial charge < -0.3 is 4.74 Å². The molecule has 12 heavy (non-hydrogen) atoms. The minimum absolute atomic E-state index is 0.165. The molecular weight excluding hydrogens is 159 g/mol. The van der Waals surface area contributed by atoms with Crippen LogP contribution in [0.1, 0.15) is 12.5 Å². The van der Waals surface area contributed by atoms with Crippen LogP contribution < -0.4 is 4.74 Å². The minimum atomic E-state index is -0.915. The van der Waals surface area contributed by atoms with Crippen LogP contribution in [-0.4, -0.2) is 22.6 Å². The number of halogens is 1. The Morgan fingerprint density at radius 2 is 2.67 bits per heavy atom.